The Morgan fingerprint density at radius 1 is 1.39 bits per heavy atom. The number of anilines is 2. The van der Waals surface area contributed by atoms with Gasteiger partial charge in [-0.05, 0) is 50.6 Å². The first-order valence-electron chi connectivity index (χ1n) is 6.57. The molecule has 0 bridgehead atoms. The van der Waals surface area contributed by atoms with Gasteiger partial charge in [0.15, 0.2) is 0 Å². The molecule has 96 valence electrons. The van der Waals surface area contributed by atoms with E-state index in [1.54, 1.807) is 0 Å². The van der Waals surface area contributed by atoms with Crippen molar-refractivity contribution in [3.8, 4) is 0 Å². The third kappa shape index (κ3) is 1.77. The lowest BCUT2D eigenvalue weighted by atomic mass is 10.1. The molecule has 4 heteroatoms. The lowest BCUT2D eigenvalue weighted by Crippen LogP contribution is -2.43. The summed E-state index contributed by atoms with van der Waals surface area (Å²) in [6.45, 7) is 1.82. The van der Waals surface area contributed by atoms with Crippen LogP contribution in [0.2, 0.25) is 0 Å². The highest BCUT2D eigenvalue weighted by molar-refractivity contribution is 5.99. The van der Waals surface area contributed by atoms with Crippen LogP contribution in [0.1, 0.15) is 18.4 Å². The van der Waals surface area contributed by atoms with Gasteiger partial charge in [0, 0.05) is 17.9 Å². The molecule has 0 saturated carbocycles. The molecule has 18 heavy (non-hydrogen) atoms. The molecule has 1 saturated heterocycles. The Morgan fingerprint density at radius 3 is 2.94 bits per heavy atom. The fraction of sp³-hybridized carbons (Fsp3) is 0.500. The first kappa shape index (κ1) is 11.5. The maximum Gasteiger partial charge on any atom is 0.244 e. The summed E-state index contributed by atoms with van der Waals surface area (Å²) < 4.78 is 0. The summed E-state index contributed by atoms with van der Waals surface area (Å²) in [6.07, 6.45) is 3.03. The van der Waals surface area contributed by atoms with Crippen LogP contribution in [0.5, 0.6) is 0 Å². The second kappa shape index (κ2) is 4.28. The highest BCUT2D eigenvalue weighted by Crippen LogP contribution is 2.31. The number of hydrogen-bond donors (Lipinski definition) is 1. The summed E-state index contributed by atoms with van der Waals surface area (Å²) in [5.74, 6) is 0.236. The summed E-state index contributed by atoms with van der Waals surface area (Å²) in [6, 6.07) is 5.93. The van der Waals surface area contributed by atoms with Crippen LogP contribution in [-0.2, 0) is 11.2 Å². The van der Waals surface area contributed by atoms with Crippen molar-refractivity contribution in [2.75, 3.05) is 30.8 Å². The zero-order valence-electron chi connectivity index (χ0n) is 10.7. The van der Waals surface area contributed by atoms with Gasteiger partial charge in [0.1, 0.15) is 0 Å². The van der Waals surface area contributed by atoms with Crippen LogP contribution >= 0.6 is 0 Å². The molecule has 1 aromatic carbocycles. The standard InChI is InChI=1S/C14H19N3O/c1-16-7-2-3-12(16)14(18)17-8-6-10-4-5-11(15)9-13(10)17/h4-5,9,12H,2-3,6-8,15H2,1H3/t12-/m0/s1. The van der Waals surface area contributed by atoms with Crippen LogP contribution in [0.25, 0.3) is 0 Å². The molecule has 0 aliphatic carbocycles. The Balaban J connectivity index is 1.87. The number of fused-ring (bicyclic) bond motifs is 1. The van der Waals surface area contributed by atoms with Crippen molar-refractivity contribution in [2.24, 2.45) is 0 Å². The molecule has 2 heterocycles. The number of hydrogen-bond acceptors (Lipinski definition) is 3. The Hall–Kier alpha value is -1.55. The first-order valence-corrected chi connectivity index (χ1v) is 6.57. The topological polar surface area (TPSA) is 49.6 Å². The monoisotopic (exact) mass is 245 g/mol. The van der Waals surface area contributed by atoms with Gasteiger partial charge in [0.05, 0.1) is 6.04 Å². The van der Waals surface area contributed by atoms with Crippen molar-refractivity contribution in [1.29, 1.82) is 0 Å². The van der Waals surface area contributed by atoms with Gasteiger partial charge in [-0.2, -0.15) is 0 Å². The molecule has 0 aromatic heterocycles. The molecule has 0 spiro atoms. The maximum absolute atomic E-state index is 12.6. The second-order valence-corrected chi connectivity index (χ2v) is 5.27. The largest absolute Gasteiger partial charge is 0.399 e. The van der Waals surface area contributed by atoms with Crippen molar-refractivity contribution in [1.82, 2.24) is 4.90 Å². The van der Waals surface area contributed by atoms with Crippen LogP contribution < -0.4 is 10.6 Å². The molecule has 0 unspecified atom stereocenters. The van der Waals surface area contributed by atoms with E-state index in [1.165, 1.54) is 5.56 Å². The van der Waals surface area contributed by atoms with E-state index in [1.807, 2.05) is 30.1 Å². The molecule has 1 aromatic rings. The van der Waals surface area contributed by atoms with Crippen LogP contribution in [0.3, 0.4) is 0 Å². The van der Waals surface area contributed by atoms with Crippen LogP contribution in [0.4, 0.5) is 11.4 Å². The van der Waals surface area contributed by atoms with E-state index in [9.17, 15) is 4.79 Å². The van der Waals surface area contributed by atoms with Crippen molar-refractivity contribution >= 4 is 17.3 Å². The number of nitrogens with two attached hydrogens (primary N) is 1. The smallest absolute Gasteiger partial charge is 0.244 e. The summed E-state index contributed by atoms with van der Waals surface area (Å²) in [5.41, 5.74) is 8.80. The zero-order chi connectivity index (χ0) is 12.7. The predicted molar refractivity (Wildman–Crippen MR) is 72.6 cm³/mol. The Kier molecular flexibility index (Phi) is 2.74. The van der Waals surface area contributed by atoms with Gasteiger partial charge in [-0.1, -0.05) is 6.07 Å². The van der Waals surface area contributed by atoms with E-state index in [4.69, 9.17) is 5.73 Å². The molecule has 1 amide bonds. The lowest BCUT2D eigenvalue weighted by Gasteiger charge is -2.25. The predicted octanol–water partition coefficient (Wildman–Crippen LogP) is 1.25. The van der Waals surface area contributed by atoms with Gasteiger partial charge in [-0.15, -0.1) is 0 Å². The van der Waals surface area contributed by atoms with E-state index < -0.39 is 0 Å². The number of nitrogen functional groups attached to an aromatic ring is 1. The minimum Gasteiger partial charge on any atom is -0.399 e. The van der Waals surface area contributed by atoms with Gasteiger partial charge in [-0.3, -0.25) is 9.69 Å². The molecule has 0 radical (unpaired) electrons. The van der Waals surface area contributed by atoms with E-state index in [-0.39, 0.29) is 11.9 Å². The lowest BCUT2D eigenvalue weighted by molar-refractivity contribution is -0.122. The van der Waals surface area contributed by atoms with E-state index >= 15 is 0 Å². The van der Waals surface area contributed by atoms with Gasteiger partial charge < -0.3 is 10.6 Å². The first-order chi connectivity index (χ1) is 8.66. The minimum absolute atomic E-state index is 0.0531. The summed E-state index contributed by atoms with van der Waals surface area (Å²) >= 11 is 0. The van der Waals surface area contributed by atoms with E-state index in [0.717, 1.165) is 43.7 Å². The highest BCUT2D eigenvalue weighted by atomic mass is 16.2. The molecular weight excluding hydrogens is 226 g/mol. The van der Waals surface area contributed by atoms with Gasteiger partial charge >= 0.3 is 0 Å². The van der Waals surface area contributed by atoms with Crippen molar-refractivity contribution in [2.45, 2.75) is 25.3 Å². The maximum atomic E-state index is 12.6. The third-order valence-electron chi connectivity index (χ3n) is 4.08. The Labute approximate surface area is 107 Å². The number of benzene rings is 1. The van der Waals surface area contributed by atoms with Crippen LogP contribution in [0, 0.1) is 0 Å². The number of nitrogens with zero attached hydrogens (tertiary/aromatic N) is 2. The summed E-state index contributed by atoms with van der Waals surface area (Å²) in [4.78, 5) is 16.6. The molecule has 4 nitrogen and oxygen atoms in total. The van der Waals surface area contributed by atoms with Crippen LogP contribution in [0.15, 0.2) is 18.2 Å². The number of rotatable bonds is 1. The second-order valence-electron chi connectivity index (χ2n) is 5.27. The van der Waals surface area contributed by atoms with Crippen molar-refractivity contribution < 1.29 is 4.79 Å². The van der Waals surface area contributed by atoms with Crippen molar-refractivity contribution in [3.05, 3.63) is 23.8 Å². The number of likely N-dealkylation sites (N-methyl/N-ethyl adjacent to an activating group) is 1. The minimum atomic E-state index is 0.0531. The number of likely N-dealkylation sites (tertiary alicyclic amines) is 1. The normalized spacial score (nSPS) is 23.4. The fourth-order valence-corrected chi connectivity index (χ4v) is 3.03. The molecule has 2 aliphatic rings. The fourth-order valence-electron chi connectivity index (χ4n) is 3.03. The molecule has 3 rings (SSSR count). The van der Waals surface area contributed by atoms with E-state index in [0.29, 0.717) is 0 Å². The van der Waals surface area contributed by atoms with Gasteiger partial charge in [0.2, 0.25) is 5.91 Å². The third-order valence-corrected chi connectivity index (χ3v) is 4.08. The average molecular weight is 245 g/mol. The Bertz CT molecular complexity index is 486. The van der Waals surface area contributed by atoms with E-state index in [2.05, 4.69) is 4.90 Å². The molecular formula is C14H19N3O. The molecule has 1 fully saturated rings. The quantitative estimate of drug-likeness (QED) is 0.758. The van der Waals surface area contributed by atoms with Gasteiger partial charge in [-0.25, -0.2) is 0 Å². The summed E-state index contributed by atoms with van der Waals surface area (Å²) in [5, 5.41) is 0. The van der Waals surface area contributed by atoms with Crippen LogP contribution in [-0.4, -0.2) is 37.0 Å². The Morgan fingerprint density at radius 2 is 2.22 bits per heavy atom. The number of carbonyl (C=O) groups excluding carboxylic acids is 1. The van der Waals surface area contributed by atoms with Gasteiger partial charge in [0.25, 0.3) is 0 Å². The highest BCUT2D eigenvalue weighted by Gasteiger charge is 2.34. The summed E-state index contributed by atoms with van der Waals surface area (Å²) in [7, 11) is 2.03. The van der Waals surface area contributed by atoms with Crippen molar-refractivity contribution in [3.63, 3.8) is 0 Å². The SMILES string of the molecule is CN1CCC[C@H]1C(=O)N1CCc2ccc(N)cc21. The molecule has 2 N–H and O–H groups in total. The molecule has 2 aliphatic heterocycles. The number of carbonyl (C=O) groups is 1. The zero-order valence-corrected chi connectivity index (χ0v) is 10.7. The number of amides is 1. The average Bonchev–Trinajstić information content (AvgIpc) is 2.94. The molecule has 1 atom stereocenters.